The minimum atomic E-state index is -2.77. The molecule has 0 amide bonds. The number of para-hydroxylation sites is 2. The van der Waals surface area contributed by atoms with Gasteiger partial charge < -0.3 is 9.13 Å². The van der Waals surface area contributed by atoms with Crippen molar-refractivity contribution < 1.29 is 0 Å². The SMILES string of the molecule is c1ccc([Si](c2ccccc2)(c2ccccc2)c2cccc(-n3c4ccccc4c4ccc(-n5c6ccccc6c6cc(-c7cccc8sc9ccccc9c78)ccc65)cc43)c2)cc1. The van der Waals surface area contributed by atoms with E-state index < -0.39 is 8.07 Å². The summed E-state index contributed by atoms with van der Waals surface area (Å²) < 4.78 is 7.61. The lowest BCUT2D eigenvalue weighted by molar-refractivity contribution is 1.16. The maximum Gasteiger partial charge on any atom is 0.179 e. The van der Waals surface area contributed by atoms with Crippen molar-refractivity contribution in [2.45, 2.75) is 0 Å². The van der Waals surface area contributed by atoms with Gasteiger partial charge in [0.15, 0.2) is 8.07 Å². The summed E-state index contributed by atoms with van der Waals surface area (Å²) in [6.07, 6.45) is 0. The van der Waals surface area contributed by atoms with Crippen molar-refractivity contribution in [1.29, 1.82) is 0 Å². The Kier molecular flexibility index (Phi) is 8.45. The molecule has 0 aliphatic rings. The molecule has 0 N–H and O–H groups in total. The summed E-state index contributed by atoms with van der Waals surface area (Å²) in [4.78, 5) is 0. The second-order valence-corrected chi connectivity index (χ2v) is 21.7. The molecule has 3 heterocycles. The van der Waals surface area contributed by atoms with Gasteiger partial charge in [0.2, 0.25) is 0 Å². The van der Waals surface area contributed by atoms with E-state index in [1.165, 1.54) is 95.7 Å². The number of thiophene rings is 1. The first-order chi connectivity index (χ1) is 31.8. The van der Waals surface area contributed by atoms with E-state index in [1.807, 2.05) is 11.3 Å². The fourth-order valence-electron chi connectivity index (χ4n) is 10.8. The largest absolute Gasteiger partial charge is 0.309 e. The minimum absolute atomic E-state index is 1.14. The lowest BCUT2D eigenvalue weighted by atomic mass is 9.98. The van der Waals surface area contributed by atoms with Gasteiger partial charge in [-0.3, -0.25) is 0 Å². The molecule has 0 unspecified atom stereocenters. The van der Waals surface area contributed by atoms with Crippen LogP contribution in [0.15, 0.2) is 243 Å². The van der Waals surface area contributed by atoms with Crippen molar-refractivity contribution in [1.82, 2.24) is 9.13 Å². The molecule has 64 heavy (non-hydrogen) atoms. The zero-order valence-corrected chi connectivity index (χ0v) is 36.7. The van der Waals surface area contributed by atoms with E-state index in [1.54, 1.807) is 0 Å². The first kappa shape index (κ1) is 36.9. The molecule has 10 aromatic carbocycles. The van der Waals surface area contributed by atoms with E-state index in [0.29, 0.717) is 0 Å². The van der Waals surface area contributed by atoms with Gasteiger partial charge in [-0.1, -0.05) is 182 Å². The van der Waals surface area contributed by atoms with Crippen molar-refractivity contribution in [2.24, 2.45) is 0 Å². The van der Waals surface area contributed by atoms with Gasteiger partial charge in [-0.05, 0) is 92.5 Å². The van der Waals surface area contributed by atoms with Crippen LogP contribution in [-0.4, -0.2) is 17.2 Å². The van der Waals surface area contributed by atoms with Crippen LogP contribution in [0.25, 0.3) is 86.3 Å². The van der Waals surface area contributed by atoms with Crippen LogP contribution < -0.4 is 20.7 Å². The average Bonchev–Trinajstić information content (AvgIpc) is 4.03. The molecule has 3 aromatic heterocycles. The molecule has 13 rings (SSSR count). The quantitative estimate of drug-likeness (QED) is 0.112. The molecule has 0 aliphatic carbocycles. The predicted molar refractivity (Wildman–Crippen MR) is 277 cm³/mol. The van der Waals surface area contributed by atoms with E-state index in [0.717, 1.165) is 11.4 Å². The van der Waals surface area contributed by atoms with E-state index >= 15 is 0 Å². The van der Waals surface area contributed by atoms with Gasteiger partial charge in [-0.2, -0.15) is 0 Å². The zero-order valence-electron chi connectivity index (χ0n) is 34.9. The maximum absolute atomic E-state index is 2.77. The highest BCUT2D eigenvalue weighted by atomic mass is 32.1. The number of fused-ring (bicyclic) bond motifs is 9. The van der Waals surface area contributed by atoms with E-state index in [2.05, 4.69) is 252 Å². The smallest absolute Gasteiger partial charge is 0.179 e. The predicted octanol–water partition coefficient (Wildman–Crippen LogP) is 13.3. The van der Waals surface area contributed by atoms with Crippen molar-refractivity contribution in [3.63, 3.8) is 0 Å². The third kappa shape index (κ3) is 5.50. The standard InChI is InChI=1S/C60H40N2SSi/c1-4-19-44(20-5-1)64(45-21-6-2-7-22-45,46-23-8-3-9-24-46)47-25-16-18-42(39-47)62-54-30-13-10-26-49(54)51-36-35-43(40-57(51)62)61-55-31-14-11-27-50(55)53-38-41(34-37-56(53)61)48-29-17-33-59-60(48)52-28-12-15-32-58(52)63-59/h1-40H. The Labute approximate surface area is 376 Å². The van der Waals surface area contributed by atoms with Gasteiger partial charge in [0.1, 0.15) is 0 Å². The third-order valence-corrected chi connectivity index (χ3v) is 19.4. The topological polar surface area (TPSA) is 9.86 Å². The van der Waals surface area contributed by atoms with Gasteiger partial charge in [-0.25, -0.2) is 0 Å². The highest BCUT2D eigenvalue weighted by Gasteiger charge is 2.41. The molecule has 0 bridgehead atoms. The maximum atomic E-state index is 2.50. The summed E-state index contributed by atoms with van der Waals surface area (Å²) >= 11 is 1.87. The summed E-state index contributed by atoms with van der Waals surface area (Å²) in [5.74, 6) is 0. The molecule has 0 aliphatic heterocycles. The lowest BCUT2D eigenvalue weighted by Crippen LogP contribution is -2.74. The van der Waals surface area contributed by atoms with Gasteiger partial charge in [0, 0.05) is 53.1 Å². The van der Waals surface area contributed by atoms with Crippen molar-refractivity contribution >= 4 is 104 Å². The first-order valence-corrected chi connectivity index (χ1v) is 24.8. The highest BCUT2D eigenvalue weighted by molar-refractivity contribution is 7.26. The Morgan fingerprint density at radius 2 is 0.797 bits per heavy atom. The summed E-state index contributed by atoms with van der Waals surface area (Å²) in [5.41, 5.74) is 9.58. The molecule has 0 saturated carbocycles. The van der Waals surface area contributed by atoms with Crippen LogP contribution in [0.1, 0.15) is 0 Å². The number of hydrogen-bond acceptors (Lipinski definition) is 1. The van der Waals surface area contributed by atoms with Crippen LogP contribution >= 0.6 is 11.3 Å². The van der Waals surface area contributed by atoms with Crippen molar-refractivity contribution in [3.05, 3.63) is 243 Å². The lowest BCUT2D eigenvalue weighted by Gasteiger charge is -2.34. The van der Waals surface area contributed by atoms with Gasteiger partial charge >= 0.3 is 0 Å². The third-order valence-electron chi connectivity index (χ3n) is 13.5. The van der Waals surface area contributed by atoms with Crippen LogP contribution in [0, 0.1) is 0 Å². The van der Waals surface area contributed by atoms with E-state index in [4.69, 9.17) is 0 Å². The monoisotopic (exact) mass is 848 g/mol. The molecule has 4 heteroatoms. The molecule has 0 spiro atoms. The average molecular weight is 849 g/mol. The Balaban J connectivity index is 1.03. The van der Waals surface area contributed by atoms with E-state index in [-0.39, 0.29) is 0 Å². The Bertz CT molecular complexity index is 3800. The normalized spacial score (nSPS) is 12.1. The van der Waals surface area contributed by atoms with Crippen LogP contribution in [0.5, 0.6) is 0 Å². The molecular weight excluding hydrogens is 809 g/mol. The molecule has 0 atom stereocenters. The Morgan fingerprint density at radius 1 is 0.297 bits per heavy atom. The molecule has 13 aromatic rings. The number of benzene rings is 10. The molecule has 0 saturated heterocycles. The second-order valence-electron chi connectivity index (χ2n) is 16.8. The van der Waals surface area contributed by atoms with Crippen LogP contribution in [0.3, 0.4) is 0 Å². The van der Waals surface area contributed by atoms with Crippen molar-refractivity contribution in [3.8, 4) is 22.5 Å². The van der Waals surface area contributed by atoms with Gasteiger partial charge in [0.05, 0.1) is 22.1 Å². The van der Waals surface area contributed by atoms with E-state index in [9.17, 15) is 0 Å². The first-order valence-electron chi connectivity index (χ1n) is 22.0. The van der Waals surface area contributed by atoms with Crippen LogP contribution in [0.2, 0.25) is 0 Å². The highest BCUT2D eigenvalue weighted by Crippen LogP contribution is 2.42. The number of nitrogens with zero attached hydrogens (tertiary/aromatic N) is 2. The Hall–Kier alpha value is -7.76. The molecule has 2 nitrogen and oxygen atoms in total. The summed E-state index contributed by atoms with van der Waals surface area (Å²) in [6.45, 7) is 0. The van der Waals surface area contributed by atoms with Gasteiger partial charge in [0.25, 0.3) is 0 Å². The second kappa shape index (κ2) is 14.7. The van der Waals surface area contributed by atoms with Crippen LogP contribution in [0.4, 0.5) is 0 Å². The molecular formula is C60H40N2SSi. The number of rotatable bonds is 7. The number of aromatic nitrogens is 2. The summed E-state index contributed by atoms with van der Waals surface area (Å²) in [5, 5.41) is 13.1. The van der Waals surface area contributed by atoms with Crippen molar-refractivity contribution in [2.75, 3.05) is 0 Å². The zero-order chi connectivity index (χ0) is 42.2. The minimum Gasteiger partial charge on any atom is -0.309 e. The molecule has 0 fully saturated rings. The molecule has 300 valence electrons. The summed E-state index contributed by atoms with van der Waals surface area (Å²) in [6, 6.07) is 90.5. The number of hydrogen-bond donors (Lipinski definition) is 0. The fraction of sp³-hybridized carbons (Fsp3) is 0. The fourth-order valence-corrected chi connectivity index (χ4v) is 16.7. The Morgan fingerprint density at radius 3 is 1.48 bits per heavy atom. The van der Waals surface area contributed by atoms with Gasteiger partial charge in [-0.15, -0.1) is 11.3 Å². The molecule has 0 radical (unpaired) electrons. The van der Waals surface area contributed by atoms with Crippen LogP contribution in [-0.2, 0) is 0 Å². The summed E-state index contributed by atoms with van der Waals surface area (Å²) in [7, 11) is -2.77.